The Labute approximate surface area is 120 Å². The maximum atomic E-state index is 13.5. The number of halogens is 3. The zero-order valence-electron chi connectivity index (χ0n) is 10.4. The lowest BCUT2D eigenvalue weighted by Crippen LogP contribution is -2.30. The van der Waals surface area contributed by atoms with Gasteiger partial charge in [-0.25, -0.2) is 8.78 Å². The fraction of sp³-hybridized carbons (Fsp3) is 0.133. The van der Waals surface area contributed by atoms with E-state index in [1.165, 1.54) is 0 Å². The highest BCUT2D eigenvalue weighted by Crippen LogP contribution is 2.16. The third-order valence-corrected chi connectivity index (χ3v) is 3.14. The molecule has 5 heteroatoms. The zero-order valence-corrected chi connectivity index (χ0v) is 11.2. The molecule has 0 saturated heterocycles. The van der Waals surface area contributed by atoms with Gasteiger partial charge in [-0.1, -0.05) is 30.3 Å². The number of nitrogens with one attached hydrogen (secondary N) is 1. The van der Waals surface area contributed by atoms with Gasteiger partial charge in [-0.05, 0) is 23.8 Å². The van der Waals surface area contributed by atoms with E-state index in [-0.39, 0.29) is 11.4 Å². The molecule has 1 N–H and O–H groups in total. The summed E-state index contributed by atoms with van der Waals surface area (Å²) in [5.74, 6) is -2.01. The van der Waals surface area contributed by atoms with Crippen LogP contribution in [0.4, 0.5) is 8.78 Å². The van der Waals surface area contributed by atoms with Crippen molar-refractivity contribution >= 4 is 17.5 Å². The van der Waals surface area contributed by atoms with Crippen LogP contribution >= 0.6 is 11.6 Å². The second-order valence-electron chi connectivity index (χ2n) is 4.22. The third kappa shape index (κ3) is 3.33. The summed E-state index contributed by atoms with van der Waals surface area (Å²) in [6.45, 7) is 0. The minimum atomic E-state index is -0.773. The molecule has 2 aromatic rings. The first-order valence-corrected chi connectivity index (χ1v) is 6.52. The summed E-state index contributed by atoms with van der Waals surface area (Å²) >= 11 is 5.82. The molecular weight excluding hydrogens is 284 g/mol. The minimum absolute atomic E-state index is 0.132. The smallest absolute Gasteiger partial charge is 0.254 e. The summed E-state index contributed by atoms with van der Waals surface area (Å²) in [6.07, 6.45) is 0. The van der Waals surface area contributed by atoms with Gasteiger partial charge in [-0.2, -0.15) is 0 Å². The number of rotatable bonds is 4. The van der Waals surface area contributed by atoms with Gasteiger partial charge in [0.1, 0.15) is 11.6 Å². The van der Waals surface area contributed by atoms with E-state index in [2.05, 4.69) is 5.32 Å². The predicted molar refractivity (Wildman–Crippen MR) is 73.7 cm³/mol. The van der Waals surface area contributed by atoms with Crippen LogP contribution < -0.4 is 5.32 Å². The largest absolute Gasteiger partial charge is 0.344 e. The molecule has 20 heavy (non-hydrogen) atoms. The van der Waals surface area contributed by atoms with Gasteiger partial charge in [0.15, 0.2) is 0 Å². The Morgan fingerprint density at radius 1 is 1.15 bits per heavy atom. The molecular formula is C15H12ClF2NO. The Hall–Kier alpha value is -1.94. The molecule has 2 nitrogen and oxygen atoms in total. The Morgan fingerprint density at radius 3 is 2.50 bits per heavy atom. The Balaban J connectivity index is 2.20. The lowest BCUT2D eigenvalue weighted by molar-refractivity contribution is 0.0936. The molecule has 0 aliphatic carbocycles. The average molecular weight is 296 g/mol. The van der Waals surface area contributed by atoms with Gasteiger partial charge in [-0.15, -0.1) is 11.6 Å². The van der Waals surface area contributed by atoms with Gasteiger partial charge in [0.25, 0.3) is 5.91 Å². The molecule has 0 aliphatic heterocycles. The second-order valence-corrected chi connectivity index (χ2v) is 4.52. The molecule has 1 atom stereocenters. The van der Waals surface area contributed by atoms with Crippen LogP contribution in [0.25, 0.3) is 0 Å². The van der Waals surface area contributed by atoms with E-state index < -0.39 is 23.6 Å². The van der Waals surface area contributed by atoms with E-state index in [0.717, 1.165) is 23.8 Å². The number of alkyl halides is 1. The van der Waals surface area contributed by atoms with Gasteiger partial charge >= 0.3 is 0 Å². The van der Waals surface area contributed by atoms with Crippen molar-refractivity contribution in [2.75, 3.05) is 5.88 Å². The summed E-state index contributed by atoms with van der Waals surface area (Å²) in [6, 6.07) is 11.3. The van der Waals surface area contributed by atoms with Crippen LogP contribution in [-0.2, 0) is 0 Å². The summed E-state index contributed by atoms with van der Waals surface area (Å²) < 4.78 is 26.6. The van der Waals surface area contributed by atoms with Gasteiger partial charge in [-0.3, -0.25) is 4.79 Å². The summed E-state index contributed by atoms with van der Waals surface area (Å²) in [7, 11) is 0. The highest BCUT2D eigenvalue weighted by molar-refractivity contribution is 6.18. The van der Waals surface area contributed by atoms with Crippen LogP contribution in [0.2, 0.25) is 0 Å². The quantitative estimate of drug-likeness (QED) is 0.857. The molecule has 0 bridgehead atoms. The van der Waals surface area contributed by atoms with Gasteiger partial charge in [0.05, 0.1) is 11.6 Å². The Bertz CT molecular complexity index is 604. The highest BCUT2D eigenvalue weighted by Gasteiger charge is 2.18. The first kappa shape index (κ1) is 14.5. The molecule has 0 heterocycles. The molecule has 0 aliphatic rings. The van der Waals surface area contributed by atoms with Crippen LogP contribution in [0.5, 0.6) is 0 Å². The van der Waals surface area contributed by atoms with Crippen LogP contribution in [-0.4, -0.2) is 11.8 Å². The maximum absolute atomic E-state index is 13.5. The van der Waals surface area contributed by atoms with Crippen molar-refractivity contribution < 1.29 is 13.6 Å². The average Bonchev–Trinajstić information content (AvgIpc) is 2.48. The number of hydrogen-bond acceptors (Lipinski definition) is 1. The highest BCUT2D eigenvalue weighted by atomic mass is 35.5. The second kappa shape index (κ2) is 6.48. The van der Waals surface area contributed by atoms with Crippen molar-refractivity contribution in [1.82, 2.24) is 5.32 Å². The van der Waals surface area contributed by atoms with Crippen molar-refractivity contribution in [3.8, 4) is 0 Å². The molecule has 2 aromatic carbocycles. The van der Waals surface area contributed by atoms with Crippen LogP contribution in [0.15, 0.2) is 48.5 Å². The van der Waals surface area contributed by atoms with E-state index >= 15 is 0 Å². The number of hydrogen-bond donors (Lipinski definition) is 1. The standard InChI is InChI=1S/C15H12ClF2NO/c16-9-14(10-4-2-1-3-5-10)19-15(20)12-8-11(17)6-7-13(12)18/h1-8,14H,9H2,(H,19,20). The molecule has 0 spiro atoms. The maximum Gasteiger partial charge on any atom is 0.254 e. The monoisotopic (exact) mass is 295 g/mol. The van der Waals surface area contributed by atoms with Crippen molar-refractivity contribution in [3.05, 3.63) is 71.3 Å². The van der Waals surface area contributed by atoms with Crippen molar-refractivity contribution in [2.24, 2.45) is 0 Å². The lowest BCUT2D eigenvalue weighted by atomic mass is 10.1. The van der Waals surface area contributed by atoms with E-state index in [1.54, 1.807) is 12.1 Å². The van der Waals surface area contributed by atoms with Crippen LogP contribution in [0.3, 0.4) is 0 Å². The number of benzene rings is 2. The molecule has 0 aromatic heterocycles. The van der Waals surface area contributed by atoms with Gasteiger partial charge < -0.3 is 5.32 Å². The topological polar surface area (TPSA) is 29.1 Å². The number of carbonyl (C=O) groups excluding carboxylic acids is 1. The van der Waals surface area contributed by atoms with Crippen molar-refractivity contribution in [2.45, 2.75) is 6.04 Å². The van der Waals surface area contributed by atoms with Crippen molar-refractivity contribution in [1.29, 1.82) is 0 Å². The zero-order chi connectivity index (χ0) is 14.5. The fourth-order valence-electron chi connectivity index (χ4n) is 1.80. The van der Waals surface area contributed by atoms with Crippen molar-refractivity contribution in [3.63, 3.8) is 0 Å². The molecule has 1 unspecified atom stereocenters. The summed E-state index contributed by atoms with van der Waals surface area (Å²) in [5.41, 5.74) is 0.462. The van der Waals surface area contributed by atoms with E-state index in [1.807, 2.05) is 18.2 Å². The first-order chi connectivity index (χ1) is 9.61. The molecule has 0 radical (unpaired) electrons. The molecule has 104 valence electrons. The molecule has 0 saturated carbocycles. The predicted octanol–water partition coefficient (Wildman–Crippen LogP) is 3.67. The Kier molecular flexibility index (Phi) is 4.69. The normalized spacial score (nSPS) is 11.9. The van der Waals surface area contributed by atoms with E-state index in [4.69, 9.17) is 11.6 Å². The van der Waals surface area contributed by atoms with E-state index in [9.17, 15) is 13.6 Å². The minimum Gasteiger partial charge on any atom is -0.344 e. The number of amides is 1. The Morgan fingerprint density at radius 2 is 1.85 bits per heavy atom. The van der Waals surface area contributed by atoms with Crippen LogP contribution in [0, 0.1) is 11.6 Å². The molecule has 0 fully saturated rings. The SMILES string of the molecule is O=C(NC(CCl)c1ccccc1)c1cc(F)ccc1F. The molecule has 1 amide bonds. The third-order valence-electron chi connectivity index (χ3n) is 2.83. The fourth-order valence-corrected chi connectivity index (χ4v) is 2.06. The molecule has 2 rings (SSSR count). The number of carbonyl (C=O) groups is 1. The van der Waals surface area contributed by atoms with Gasteiger partial charge in [0, 0.05) is 5.88 Å². The summed E-state index contributed by atoms with van der Waals surface area (Å²) in [4.78, 5) is 12.0. The summed E-state index contributed by atoms with van der Waals surface area (Å²) in [5, 5.41) is 2.59. The van der Waals surface area contributed by atoms with Crippen LogP contribution in [0.1, 0.15) is 22.0 Å². The first-order valence-electron chi connectivity index (χ1n) is 5.98. The van der Waals surface area contributed by atoms with Gasteiger partial charge in [0.2, 0.25) is 0 Å². The lowest BCUT2D eigenvalue weighted by Gasteiger charge is -2.16. The van der Waals surface area contributed by atoms with E-state index in [0.29, 0.717) is 0 Å².